The molecule has 0 bridgehead atoms. The second-order valence-electron chi connectivity index (χ2n) is 6.00. The van der Waals surface area contributed by atoms with E-state index < -0.39 is 0 Å². The van der Waals surface area contributed by atoms with Gasteiger partial charge in [-0.1, -0.05) is 36.4 Å². The van der Waals surface area contributed by atoms with Gasteiger partial charge in [0.15, 0.2) is 0 Å². The van der Waals surface area contributed by atoms with E-state index in [1.54, 1.807) is 4.42 Å². The maximum absolute atomic E-state index is 5.90. The van der Waals surface area contributed by atoms with Crippen molar-refractivity contribution < 1.29 is 0 Å². The summed E-state index contributed by atoms with van der Waals surface area (Å²) >= 11 is 5.90. The Morgan fingerprint density at radius 2 is 1.82 bits per heavy atom. The lowest BCUT2D eigenvalue weighted by molar-refractivity contribution is 0.279. The van der Waals surface area contributed by atoms with Gasteiger partial charge in [0.1, 0.15) is 6.67 Å². The second kappa shape index (κ2) is 7.70. The molecule has 22 heavy (non-hydrogen) atoms. The van der Waals surface area contributed by atoms with E-state index in [-0.39, 0.29) is 0 Å². The lowest BCUT2D eigenvalue weighted by Gasteiger charge is -2.26. The van der Waals surface area contributed by atoms with Crippen molar-refractivity contribution in [1.29, 1.82) is 0 Å². The van der Waals surface area contributed by atoms with E-state index in [0.717, 1.165) is 19.8 Å². The molecule has 3 nitrogen and oxygen atoms in total. The normalized spacial score (nSPS) is 18.9. The zero-order chi connectivity index (χ0) is 15.2. The van der Waals surface area contributed by atoms with Gasteiger partial charge in [-0.3, -0.25) is 9.32 Å². The highest BCUT2D eigenvalue weighted by Gasteiger charge is 2.13. The number of halogens is 1. The molecule has 2 aliphatic heterocycles. The SMILES string of the molecule is ClN1C=CN(CCCCN2CC=C(c3ccccc3)CC2)C1. The van der Waals surface area contributed by atoms with Crippen LogP contribution in [0.4, 0.5) is 0 Å². The Labute approximate surface area is 138 Å². The van der Waals surface area contributed by atoms with Crippen LogP contribution in [0.5, 0.6) is 0 Å². The quantitative estimate of drug-likeness (QED) is 0.584. The van der Waals surface area contributed by atoms with E-state index in [0.29, 0.717) is 0 Å². The smallest absolute Gasteiger partial charge is 0.105 e. The Kier molecular flexibility index (Phi) is 5.41. The fourth-order valence-corrected chi connectivity index (χ4v) is 3.25. The molecule has 1 aromatic rings. The third kappa shape index (κ3) is 4.28. The molecule has 0 fully saturated rings. The predicted octanol–water partition coefficient (Wildman–Crippen LogP) is 3.76. The van der Waals surface area contributed by atoms with Crippen molar-refractivity contribution in [2.45, 2.75) is 19.3 Å². The minimum Gasteiger partial charge on any atom is -0.357 e. The first-order valence-electron chi connectivity index (χ1n) is 8.13. The van der Waals surface area contributed by atoms with Gasteiger partial charge in [-0.25, -0.2) is 0 Å². The highest BCUT2D eigenvalue weighted by molar-refractivity contribution is 6.14. The van der Waals surface area contributed by atoms with Gasteiger partial charge in [-0.05, 0) is 36.9 Å². The van der Waals surface area contributed by atoms with Crippen molar-refractivity contribution in [3.05, 3.63) is 54.4 Å². The molecule has 0 unspecified atom stereocenters. The van der Waals surface area contributed by atoms with Crippen LogP contribution in [-0.4, -0.2) is 47.1 Å². The average molecular weight is 318 g/mol. The largest absolute Gasteiger partial charge is 0.357 e. The summed E-state index contributed by atoms with van der Waals surface area (Å²) in [4.78, 5) is 4.82. The summed E-state index contributed by atoms with van der Waals surface area (Å²) in [5.74, 6) is 0. The van der Waals surface area contributed by atoms with Crippen LogP contribution in [0.25, 0.3) is 5.57 Å². The highest BCUT2D eigenvalue weighted by atomic mass is 35.5. The van der Waals surface area contributed by atoms with E-state index >= 15 is 0 Å². The Hall–Kier alpha value is -1.45. The number of hydrogen-bond donors (Lipinski definition) is 0. The third-order valence-corrected chi connectivity index (χ3v) is 4.58. The first kappa shape index (κ1) is 15.4. The van der Waals surface area contributed by atoms with E-state index in [1.807, 2.05) is 6.20 Å². The van der Waals surface area contributed by atoms with Crippen molar-refractivity contribution >= 4 is 17.3 Å². The molecule has 118 valence electrons. The highest BCUT2D eigenvalue weighted by Crippen LogP contribution is 2.22. The van der Waals surface area contributed by atoms with Crippen molar-refractivity contribution in [3.8, 4) is 0 Å². The maximum Gasteiger partial charge on any atom is 0.105 e. The summed E-state index contributed by atoms with van der Waals surface area (Å²) in [5, 5.41) is 0. The standard InChI is InChI=1S/C18H24ClN3/c19-22-15-14-21(16-22)11-5-4-10-20-12-8-18(9-13-20)17-6-2-1-3-7-17/h1-3,6-8,14-15H,4-5,9-13,16H2. The zero-order valence-electron chi connectivity index (χ0n) is 13.0. The summed E-state index contributed by atoms with van der Waals surface area (Å²) in [7, 11) is 0. The summed E-state index contributed by atoms with van der Waals surface area (Å²) in [6.07, 6.45) is 10.0. The number of unbranched alkanes of at least 4 members (excludes halogenated alkanes) is 1. The lowest BCUT2D eigenvalue weighted by atomic mass is 9.99. The van der Waals surface area contributed by atoms with Crippen LogP contribution in [0.2, 0.25) is 0 Å². The number of nitrogens with zero attached hydrogens (tertiary/aromatic N) is 3. The van der Waals surface area contributed by atoms with E-state index in [9.17, 15) is 0 Å². The predicted molar refractivity (Wildman–Crippen MR) is 93.1 cm³/mol. The van der Waals surface area contributed by atoms with Crippen LogP contribution in [0.15, 0.2) is 48.8 Å². The fourth-order valence-electron chi connectivity index (χ4n) is 3.06. The van der Waals surface area contributed by atoms with Crippen LogP contribution in [-0.2, 0) is 0 Å². The molecule has 0 aliphatic carbocycles. The van der Waals surface area contributed by atoms with Crippen LogP contribution in [0.3, 0.4) is 0 Å². The fraction of sp³-hybridized carbons (Fsp3) is 0.444. The molecule has 0 saturated carbocycles. The minimum atomic E-state index is 0.814. The first-order valence-corrected chi connectivity index (χ1v) is 8.47. The van der Waals surface area contributed by atoms with E-state index in [4.69, 9.17) is 11.8 Å². The second-order valence-corrected chi connectivity index (χ2v) is 6.44. The molecule has 2 heterocycles. The van der Waals surface area contributed by atoms with Crippen molar-refractivity contribution in [2.75, 3.05) is 32.8 Å². The molecule has 0 saturated heterocycles. The maximum atomic E-state index is 5.90. The Balaban J connectivity index is 1.35. The molecule has 0 radical (unpaired) electrons. The van der Waals surface area contributed by atoms with Crippen LogP contribution in [0, 0.1) is 0 Å². The van der Waals surface area contributed by atoms with Gasteiger partial charge in [0, 0.05) is 43.8 Å². The van der Waals surface area contributed by atoms with Gasteiger partial charge in [-0.2, -0.15) is 0 Å². The number of benzene rings is 1. The van der Waals surface area contributed by atoms with Crippen molar-refractivity contribution in [2.24, 2.45) is 0 Å². The summed E-state index contributed by atoms with van der Waals surface area (Å²) in [6.45, 7) is 5.37. The summed E-state index contributed by atoms with van der Waals surface area (Å²) in [5.41, 5.74) is 2.88. The van der Waals surface area contributed by atoms with Gasteiger partial charge in [0.25, 0.3) is 0 Å². The first-order chi connectivity index (χ1) is 10.8. The van der Waals surface area contributed by atoms with Gasteiger partial charge in [0.05, 0.1) is 0 Å². The molecule has 0 atom stereocenters. The molecule has 0 aromatic heterocycles. The Bertz CT molecular complexity index is 526. The van der Waals surface area contributed by atoms with E-state index in [2.05, 4.69) is 52.4 Å². The molecular weight excluding hydrogens is 294 g/mol. The Morgan fingerprint density at radius 3 is 2.50 bits per heavy atom. The molecule has 0 amide bonds. The van der Waals surface area contributed by atoms with E-state index in [1.165, 1.54) is 43.5 Å². The average Bonchev–Trinajstić information content (AvgIpc) is 2.98. The minimum absolute atomic E-state index is 0.814. The van der Waals surface area contributed by atoms with Crippen molar-refractivity contribution in [3.63, 3.8) is 0 Å². The van der Waals surface area contributed by atoms with Gasteiger partial charge < -0.3 is 4.90 Å². The summed E-state index contributed by atoms with van der Waals surface area (Å²) < 4.78 is 1.69. The summed E-state index contributed by atoms with van der Waals surface area (Å²) in [6, 6.07) is 10.8. The Morgan fingerprint density at radius 1 is 1.00 bits per heavy atom. The molecule has 1 aromatic carbocycles. The molecular formula is C18H24ClN3. The molecule has 0 spiro atoms. The van der Waals surface area contributed by atoms with Crippen LogP contribution >= 0.6 is 11.8 Å². The molecule has 4 heteroatoms. The molecule has 3 rings (SSSR count). The van der Waals surface area contributed by atoms with Gasteiger partial charge in [0.2, 0.25) is 0 Å². The monoisotopic (exact) mass is 317 g/mol. The molecule has 2 aliphatic rings. The van der Waals surface area contributed by atoms with Gasteiger partial charge in [-0.15, -0.1) is 0 Å². The topological polar surface area (TPSA) is 9.72 Å². The molecule has 0 N–H and O–H groups in total. The van der Waals surface area contributed by atoms with Crippen LogP contribution < -0.4 is 0 Å². The number of hydrogen-bond acceptors (Lipinski definition) is 3. The van der Waals surface area contributed by atoms with Gasteiger partial charge >= 0.3 is 0 Å². The number of rotatable bonds is 6. The van der Waals surface area contributed by atoms with Crippen LogP contribution in [0.1, 0.15) is 24.8 Å². The zero-order valence-corrected chi connectivity index (χ0v) is 13.8. The van der Waals surface area contributed by atoms with Crippen molar-refractivity contribution in [1.82, 2.24) is 14.2 Å². The third-order valence-electron chi connectivity index (χ3n) is 4.36. The lowest BCUT2D eigenvalue weighted by Crippen LogP contribution is -2.30.